The first kappa shape index (κ1) is 20.7. The molecule has 0 aromatic heterocycles. The van der Waals surface area contributed by atoms with E-state index >= 15 is 0 Å². The van der Waals surface area contributed by atoms with Crippen LogP contribution >= 0.6 is 27.5 Å². The zero-order valence-electron chi connectivity index (χ0n) is 14.6. The van der Waals surface area contributed by atoms with Crippen molar-refractivity contribution in [3.05, 3.63) is 57.0 Å². The van der Waals surface area contributed by atoms with Crippen molar-refractivity contribution < 1.29 is 19.1 Å². The van der Waals surface area contributed by atoms with Crippen LogP contribution in [0.1, 0.15) is 11.1 Å². The van der Waals surface area contributed by atoms with Crippen LogP contribution in [0.25, 0.3) is 0 Å². The van der Waals surface area contributed by atoms with Gasteiger partial charge >= 0.3 is 12.0 Å². The molecular formula is C18H17BrClN3O4. The van der Waals surface area contributed by atoms with E-state index < -0.39 is 12.0 Å². The molecule has 2 aromatic rings. The molecule has 2 N–H and O–H groups in total. The average Bonchev–Trinajstić information content (AvgIpc) is 2.62. The van der Waals surface area contributed by atoms with Crippen LogP contribution in [0.2, 0.25) is 5.02 Å². The number of rotatable bonds is 6. The lowest BCUT2D eigenvalue weighted by Crippen LogP contribution is -2.24. The third kappa shape index (κ3) is 6.26. The first-order valence-corrected chi connectivity index (χ1v) is 8.92. The van der Waals surface area contributed by atoms with Gasteiger partial charge in [-0.1, -0.05) is 29.8 Å². The Balaban J connectivity index is 1.97. The number of anilines is 1. The van der Waals surface area contributed by atoms with Crippen molar-refractivity contribution in [1.29, 1.82) is 0 Å². The SMILES string of the molecule is COC(=O)COc1c(Cl)cc(C=NNC(=O)Nc2ccccc2C)cc1Br. The van der Waals surface area contributed by atoms with Gasteiger partial charge in [0, 0.05) is 5.69 Å². The van der Waals surface area contributed by atoms with E-state index in [1.165, 1.54) is 13.3 Å². The van der Waals surface area contributed by atoms with Crippen LogP contribution in [0.15, 0.2) is 46.0 Å². The number of halogens is 2. The van der Waals surface area contributed by atoms with Gasteiger partial charge in [0.25, 0.3) is 0 Å². The number of carbonyl (C=O) groups excluding carboxylic acids is 2. The Morgan fingerprint density at radius 3 is 2.70 bits per heavy atom. The summed E-state index contributed by atoms with van der Waals surface area (Å²) in [6, 6.07) is 10.2. The molecule has 2 rings (SSSR count). The van der Waals surface area contributed by atoms with Crippen LogP contribution in [0, 0.1) is 6.92 Å². The van der Waals surface area contributed by atoms with E-state index in [2.05, 4.69) is 36.5 Å². The molecule has 9 heteroatoms. The zero-order valence-corrected chi connectivity index (χ0v) is 16.9. The summed E-state index contributed by atoms with van der Waals surface area (Å²) in [6.07, 6.45) is 1.43. The van der Waals surface area contributed by atoms with Crippen LogP contribution in [-0.4, -0.2) is 31.9 Å². The van der Waals surface area contributed by atoms with Gasteiger partial charge < -0.3 is 14.8 Å². The number of hydrogen-bond donors (Lipinski definition) is 2. The highest BCUT2D eigenvalue weighted by atomic mass is 79.9. The Morgan fingerprint density at radius 2 is 2.04 bits per heavy atom. The van der Waals surface area contributed by atoms with Gasteiger partial charge in [-0.3, -0.25) is 0 Å². The number of urea groups is 1. The Morgan fingerprint density at radius 1 is 1.30 bits per heavy atom. The van der Waals surface area contributed by atoms with Gasteiger partial charge in [0.2, 0.25) is 0 Å². The number of carbonyl (C=O) groups is 2. The number of amides is 2. The van der Waals surface area contributed by atoms with E-state index in [1.807, 2.05) is 25.1 Å². The summed E-state index contributed by atoms with van der Waals surface area (Å²) in [5.74, 6) is -0.211. The standard InChI is InChI=1S/C18H17BrClN3O4/c1-11-5-3-4-6-15(11)22-18(25)23-21-9-12-7-13(19)17(14(20)8-12)27-10-16(24)26-2/h3-9H,10H2,1-2H3,(H2,22,23,25). The highest BCUT2D eigenvalue weighted by Gasteiger charge is 2.11. The lowest BCUT2D eigenvalue weighted by atomic mass is 10.2. The summed E-state index contributed by atoms with van der Waals surface area (Å²) in [6.45, 7) is 1.63. The minimum Gasteiger partial charge on any atom is -0.479 e. The minimum atomic E-state index is -0.521. The van der Waals surface area contributed by atoms with Crippen LogP contribution in [0.5, 0.6) is 5.75 Å². The lowest BCUT2D eigenvalue weighted by Gasteiger charge is -2.10. The van der Waals surface area contributed by atoms with Crippen molar-refractivity contribution in [1.82, 2.24) is 5.43 Å². The van der Waals surface area contributed by atoms with Crippen molar-refractivity contribution in [3.63, 3.8) is 0 Å². The van der Waals surface area contributed by atoms with Crippen LogP contribution in [0.3, 0.4) is 0 Å². The van der Waals surface area contributed by atoms with Crippen molar-refractivity contribution in [2.24, 2.45) is 5.10 Å². The largest absolute Gasteiger partial charge is 0.479 e. The highest BCUT2D eigenvalue weighted by Crippen LogP contribution is 2.34. The molecule has 0 aliphatic carbocycles. The molecule has 0 radical (unpaired) electrons. The maximum absolute atomic E-state index is 11.9. The summed E-state index contributed by atoms with van der Waals surface area (Å²) in [7, 11) is 1.27. The third-order valence-electron chi connectivity index (χ3n) is 3.36. The minimum absolute atomic E-state index is 0.261. The van der Waals surface area contributed by atoms with Gasteiger partial charge in [-0.05, 0) is 52.2 Å². The molecule has 0 spiro atoms. The molecule has 27 heavy (non-hydrogen) atoms. The number of hydrazone groups is 1. The second-order valence-electron chi connectivity index (χ2n) is 5.32. The topological polar surface area (TPSA) is 89.0 Å². The number of benzene rings is 2. The first-order valence-electron chi connectivity index (χ1n) is 7.75. The van der Waals surface area contributed by atoms with E-state index in [9.17, 15) is 9.59 Å². The van der Waals surface area contributed by atoms with Crippen LogP contribution in [-0.2, 0) is 9.53 Å². The third-order valence-corrected chi connectivity index (χ3v) is 4.23. The van der Waals surface area contributed by atoms with Gasteiger partial charge in [-0.15, -0.1) is 0 Å². The summed E-state index contributed by atoms with van der Waals surface area (Å²) in [4.78, 5) is 23.0. The van der Waals surface area contributed by atoms with Gasteiger partial charge in [-0.25, -0.2) is 15.0 Å². The number of aryl methyl sites for hydroxylation is 1. The van der Waals surface area contributed by atoms with E-state index in [0.717, 1.165) is 5.56 Å². The molecule has 0 aliphatic heterocycles. The fraction of sp³-hybridized carbons (Fsp3) is 0.167. The normalized spacial score (nSPS) is 10.5. The predicted octanol–water partition coefficient (Wildman–Crippen LogP) is 4.12. The average molecular weight is 455 g/mol. The number of methoxy groups -OCH3 is 1. The Labute approximate surface area is 169 Å². The first-order chi connectivity index (χ1) is 12.9. The molecule has 0 aliphatic rings. The second kappa shape index (κ2) is 9.94. The van der Waals surface area contributed by atoms with Crippen LogP contribution in [0.4, 0.5) is 10.5 Å². The summed E-state index contributed by atoms with van der Waals surface area (Å²) < 4.78 is 10.4. The van der Waals surface area contributed by atoms with Gasteiger partial charge in [0.15, 0.2) is 12.4 Å². The number of ether oxygens (including phenoxy) is 2. The van der Waals surface area contributed by atoms with Crippen molar-refractivity contribution >= 4 is 51.4 Å². The Hall–Kier alpha value is -2.58. The van der Waals surface area contributed by atoms with Crippen molar-refractivity contribution in [2.75, 3.05) is 19.0 Å². The second-order valence-corrected chi connectivity index (χ2v) is 6.58. The van der Waals surface area contributed by atoms with E-state index in [4.69, 9.17) is 16.3 Å². The summed E-state index contributed by atoms with van der Waals surface area (Å²) >= 11 is 9.48. The van der Waals surface area contributed by atoms with Crippen molar-refractivity contribution in [3.8, 4) is 5.75 Å². The lowest BCUT2D eigenvalue weighted by molar-refractivity contribution is -0.142. The number of nitrogens with zero attached hydrogens (tertiary/aromatic N) is 1. The molecule has 0 unspecified atom stereocenters. The molecular weight excluding hydrogens is 438 g/mol. The monoisotopic (exact) mass is 453 g/mol. The van der Waals surface area contributed by atoms with Gasteiger partial charge in [0.05, 0.1) is 22.8 Å². The predicted molar refractivity (Wildman–Crippen MR) is 108 cm³/mol. The molecule has 0 atom stereocenters. The molecule has 2 amide bonds. The molecule has 0 heterocycles. The number of esters is 1. The fourth-order valence-electron chi connectivity index (χ4n) is 2.01. The van der Waals surface area contributed by atoms with Crippen LogP contribution < -0.4 is 15.5 Å². The molecule has 0 bridgehead atoms. The zero-order chi connectivity index (χ0) is 19.8. The Bertz CT molecular complexity index is 850. The van der Waals surface area contributed by atoms with Crippen molar-refractivity contribution in [2.45, 2.75) is 6.92 Å². The van der Waals surface area contributed by atoms with E-state index in [1.54, 1.807) is 18.2 Å². The molecule has 142 valence electrons. The maximum atomic E-state index is 11.9. The Kier molecular flexibility index (Phi) is 7.63. The quantitative estimate of drug-likeness (QED) is 0.390. The molecule has 0 saturated carbocycles. The highest BCUT2D eigenvalue weighted by molar-refractivity contribution is 9.10. The molecule has 0 saturated heterocycles. The molecule has 7 nitrogen and oxygen atoms in total. The summed E-state index contributed by atoms with van der Waals surface area (Å²) in [5, 5.41) is 6.86. The maximum Gasteiger partial charge on any atom is 0.343 e. The van der Waals surface area contributed by atoms with Gasteiger partial charge in [-0.2, -0.15) is 5.10 Å². The van der Waals surface area contributed by atoms with E-state index in [0.29, 0.717) is 21.5 Å². The number of nitrogens with one attached hydrogen (secondary N) is 2. The number of hydrogen-bond acceptors (Lipinski definition) is 5. The van der Waals surface area contributed by atoms with E-state index in [-0.39, 0.29) is 11.6 Å². The number of para-hydroxylation sites is 1. The smallest absolute Gasteiger partial charge is 0.343 e. The molecule has 0 fully saturated rings. The fourth-order valence-corrected chi connectivity index (χ4v) is 3.00. The summed E-state index contributed by atoms with van der Waals surface area (Å²) in [5.41, 5.74) is 4.63. The van der Waals surface area contributed by atoms with Gasteiger partial charge in [0.1, 0.15) is 0 Å². The molecule has 2 aromatic carbocycles.